The van der Waals surface area contributed by atoms with Crippen LogP contribution >= 0.6 is 11.6 Å². The lowest BCUT2D eigenvalue weighted by Gasteiger charge is -2.06. The van der Waals surface area contributed by atoms with Crippen molar-refractivity contribution in [3.05, 3.63) is 65.7 Å². The summed E-state index contributed by atoms with van der Waals surface area (Å²) in [5, 5.41) is 2.75. The summed E-state index contributed by atoms with van der Waals surface area (Å²) in [6.07, 6.45) is 0.853. The van der Waals surface area contributed by atoms with Crippen molar-refractivity contribution in [3.63, 3.8) is 0 Å². The maximum atomic E-state index is 11.2. The van der Waals surface area contributed by atoms with Crippen LogP contribution in [0.15, 0.2) is 54.6 Å². The number of amides is 1. The molecule has 0 bridgehead atoms. The Balaban J connectivity index is 2.10. The summed E-state index contributed by atoms with van der Waals surface area (Å²) < 4.78 is 0. The van der Waals surface area contributed by atoms with Gasteiger partial charge in [0.1, 0.15) is 5.88 Å². The van der Waals surface area contributed by atoms with Crippen LogP contribution in [0.1, 0.15) is 11.1 Å². The SMILES string of the molecule is O=C(CCl)Nc1cccc(Cc2ccccc2)c1. The number of nitrogens with one attached hydrogen (secondary N) is 1. The summed E-state index contributed by atoms with van der Waals surface area (Å²) in [6.45, 7) is 0. The van der Waals surface area contributed by atoms with Gasteiger partial charge in [0.15, 0.2) is 0 Å². The van der Waals surface area contributed by atoms with Gasteiger partial charge < -0.3 is 5.32 Å². The number of anilines is 1. The maximum absolute atomic E-state index is 11.2. The maximum Gasteiger partial charge on any atom is 0.239 e. The molecule has 0 saturated carbocycles. The van der Waals surface area contributed by atoms with E-state index in [-0.39, 0.29) is 11.8 Å². The molecule has 0 aliphatic heterocycles. The van der Waals surface area contributed by atoms with Gasteiger partial charge in [0.05, 0.1) is 0 Å². The first kappa shape index (κ1) is 12.7. The third-order valence-corrected chi connectivity index (χ3v) is 2.83. The quantitative estimate of drug-likeness (QED) is 0.837. The number of hydrogen-bond acceptors (Lipinski definition) is 1. The van der Waals surface area contributed by atoms with Gasteiger partial charge >= 0.3 is 0 Å². The lowest BCUT2D eigenvalue weighted by Crippen LogP contribution is -2.12. The molecule has 0 fully saturated rings. The van der Waals surface area contributed by atoms with E-state index in [4.69, 9.17) is 11.6 Å². The van der Waals surface area contributed by atoms with E-state index in [0.29, 0.717) is 0 Å². The van der Waals surface area contributed by atoms with E-state index in [0.717, 1.165) is 17.7 Å². The molecule has 0 saturated heterocycles. The Morgan fingerprint density at radius 1 is 1.00 bits per heavy atom. The van der Waals surface area contributed by atoms with Crippen LogP contribution in [0.4, 0.5) is 5.69 Å². The van der Waals surface area contributed by atoms with Gasteiger partial charge in [-0.2, -0.15) is 0 Å². The van der Waals surface area contributed by atoms with Gasteiger partial charge in [0, 0.05) is 5.69 Å². The Kier molecular flexibility index (Phi) is 4.37. The van der Waals surface area contributed by atoms with Crippen LogP contribution in [-0.2, 0) is 11.2 Å². The second kappa shape index (κ2) is 6.22. The molecule has 18 heavy (non-hydrogen) atoms. The molecule has 0 unspecified atom stereocenters. The van der Waals surface area contributed by atoms with E-state index in [1.807, 2.05) is 42.5 Å². The molecule has 0 aliphatic rings. The van der Waals surface area contributed by atoms with E-state index in [9.17, 15) is 4.79 Å². The highest BCUT2D eigenvalue weighted by molar-refractivity contribution is 6.29. The van der Waals surface area contributed by atoms with Crippen molar-refractivity contribution in [3.8, 4) is 0 Å². The first-order valence-electron chi connectivity index (χ1n) is 5.76. The monoisotopic (exact) mass is 259 g/mol. The number of benzene rings is 2. The van der Waals surface area contributed by atoms with Crippen molar-refractivity contribution < 1.29 is 4.79 Å². The summed E-state index contributed by atoms with van der Waals surface area (Å²) in [7, 11) is 0. The van der Waals surface area contributed by atoms with Crippen LogP contribution in [0, 0.1) is 0 Å². The van der Waals surface area contributed by atoms with Gasteiger partial charge in [-0.05, 0) is 29.7 Å². The molecule has 0 atom stereocenters. The molecule has 2 rings (SSSR count). The zero-order valence-electron chi connectivity index (χ0n) is 9.90. The highest BCUT2D eigenvalue weighted by atomic mass is 35.5. The number of rotatable bonds is 4. The van der Waals surface area contributed by atoms with Gasteiger partial charge in [-0.3, -0.25) is 4.79 Å². The standard InChI is InChI=1S/C15H14ClNO/c16-11-15(18)17-14-8-4-7-13(10-14)9-12-5-2-1-3-6-12/h1-8,10H,9,11H2,(H,17,18). The third-order valence-electron chi connectivity index (χ3n) is 2.58. The Morgan fingerprint density at radius 3 is 2.44 bits per heavy atom. The molecule has 2 aromatic carbocycles. The molecule has 1 amide bonds. The summed E-state index contributed by atoms with van der Waals surface area (Å²) in [6, 6.07) is 18.0. The van der Waals surface area contributed by atoms with Crippen molar-refractivity contribution in [2.45, 2.75) is 6.42 Å². The Hall–Kier alpha value is -1.80. The van der Waals surface area contributed by atoms with Gasteiger partial charge in [0.2, 0.25) is 5.91 Å². The highest BCUT2D eigenvalue weighted by Crippen LogP contribution is 2.14. The summed E-state index contributed by atoms with van der Waals surface area (Å²) in [5.41, 5.74) is 3.20. The first-order chi connectivity index (χ1) is 8.78. The van der Waals surface area contributed by atoms with Crippen molar-refractivity contribution in [2.75, 3.05) is 11.2 Å². The van der Waals surface area contributed by atoms with Gasteiger partial charge in [-0.15, -0.1) is 11.6 Å². The molecular weight excluding hydrogens is 246 g/mol. The normalized spacial score (nSPS) is 10.1. The fraction of sp³-hybridized carbons (Fsp3) is 0.133. The zero-order valence-corrected chi connectivity index (χ0v) is 10.7. The predicted octanol–water partition coefficient (Wildman–Crippen LogP) is 3.45. The van der Waals surface area contributed by atoms with Crippen molar-refractivity contribution in [2.24, 2.45) is 0 Å². The molecule has 3 heteroatoms. The second-order valence-electron chi connectivity index (χ2n) is 4.04. The first-order valence-corrected chi connectivity index (χ1v) is 6.30. The average molecular weight is 260 g/mol. The summed E-state index contributed by atoms with van der Waals surface area (Å²) in [4.78, 5) is 11.2. The highest BCUT2D eigenvalue weighted by Gasteiger charge is 2.01. The fourth-order valence-corrected chi connectivity index (χ4v) is 1.85. The topological polar surface area (TPSA) is 29.1 Å². The lowest BCUT2D eigenvalue weighted by molar-refractivity contribution is -0.113. The number of halogens is 1. The van der Waals surface area contributed by atoms with Crippen LogP contribution in [0.25, 0.3) is 0 Å². The predicted molar refractivity (Wildman–Crippen MR) is 75.0 cm³/mol. The largest absolute Gasteiger partial charge is 0.325 e. The average Bonchev–Trinajstić information content (AvgIpc) is 2.40. The van der Waals surface area contributed by atoms with Gasteiger partial charge in [-0.25, -0.2) is 0 Å². The van der Waals surface area contributed by atoms with Crippen molar-refractivity contribution in [1.82, 2.24) is 0 Å². The van der Waals surface area contributed by atoms with Gasteiger partial charge in [0.25, 0.3) is 0 Å². The second-order valence-corrected chi connectivity index (χ2v) is 4.31. The van der Waals surface area contributed by atoms with E-state index in [2.05, 4.69) is 17.4 Å². The minimum Gasteiger partial charge on any atom is -0.325 e. The minimum atomic E-state index is -0.187. The molecule has 92 valence electrons. The number of alkyl halides is 1. The minimum absolute atomic E-state index is 0.0249. The number of carbonyl (C=O) groups is 1. The summed E-state index contributed by atoms with van der Waals surface area (Å²) >= 11 is 5.46. The van der Waals surface area contributed by atoms with Crippen LogP contribution < -0.4 is 5.32 Å². The summed E-state index contributed by atoms with van der Waals surface area (Å²) in [5.74, 6) is -0.211. The molecule has 0 aliphatic carbocycles. The van der Waals surface area contributed by atoms with Gasteiger partial charge in [-0.1, -0.05) is 42.5 Å². The van der Waals surface area contributed by atoms with Crippen LogP contribution in [0.5, 0.6) is 0 Å². The molecule has 0 radical (unpaired) electrons. The van der Waals surface area contributed by atoms with E-state index in [1.54, 1.807) is 0 Å². The zero-order chi connectivity index (χ0) is 12.8. The van der Waals surface area contributed by atoms with E-state index < -0.39 is 0 Å². The van der Waals surface area contributed by atoms with Crippen molar-refractivity contribution >= 4 is 23.2 Å². The molecule has 0 heterocycles. The number of carbonyl (C=O) groups excluding carboxylic acids is 1. The smallest absolute Gasteiger partial charge is 0.239 e. The molecule has 2 nitrogen and oxygen atoms in total. The van der Waals surface area contributed by atoms with Crippen LogP contribution in [0.2, 0.25) is 0 Å². The molecule has 0 spiro atoms. The van der Waals surface area contributed by atoms with Crippen LogP contribution in [0.3, 0.4) is 0 Å². The number of hydrogen-bond donors (Lipinski definition) is 1. The third kappa shape index (κ3) is 3.60. The van der Waals surface area contributed by atoms with E-state index >= 15 is 0 Å². The fourth-order valence-electron chi connectivity index (χ4n) is 1.79. The Morgan fingerprint density at radius 2 is 1.72 bits per heavy atom. The van der Waals surface area contributed by atoms with E-state index in [1.165, 1.54) is 5.56 Å². The molecule has 2 aromatic rings. The van der Waals surface area contributed by atoms with Crippen LogP contribution in [-0.4, -0.2) is 11.8 Å². The molecular formula is C15H14ClNO. The lowest BCUT2D eigenvalue weighted by atomic mass is 10.0. The Bertz CT molecular complexity index is 525. The molecule has 1 N–H and O–H groups in total. The molecule has 0 aromatic heterocycles. The van der Waals surface area contributed by atoms with Crippen molar-refractivity contribution in [1.29, 1.82) is 0 Å². The Labute approximate surface area is 112 Å².